The molecule has 0 unspecified atom stereocenters. The summed E-state index contributed by atoms with van der Waals surface area (Å²) >= 11 is 2.62. The first-order valence-electron chi connectivity index (χ1n) is 8.57. The molecule has 4 rings (SSSR count). The van der Waals surface area contributed by atoms with Crippen molar-refractivity contribution in [2.24, 2.45) is 0 Å². The smallest absolute Gasteiger partial charge is 0.416 e. The highest BCUT2D eigenvalue weighted by Crippen LogP contribution is 2.38. The van der Waals surface area contributed by atoms with E-state index in [2.05, 4.69) is 10.3 Å². The van der Waals surface area contributed by atoms with Gasteiger partial charge in [0.25, 0.3) is 5.91 Å². The van der Waals surface area contributed by atoms with Gasteiger partial charge in [0.1, 0.15) is 15.5 Å². The molecule has 154 valence electrons. The maximum Gasteiger partial charge on any atom is 0.416 e. The van der Waals surface area contributed by atoms with Crippen molar-refractivity contribution in [2.75, 3.05) is 18.2 Å². The van der Waals surface area contributed by atoms with E-state index in [1.165, 1.54) is 18.4 Å². The van der Waals surface area contributed by atoms with E-state index in [4.69, 9.17) is 10.5 Å². The number of benzene rings is 1. The van der Waals surface area contributed by atoms with Crippen LogP contribution in [0.1, 0.15) is 15.2 Å². The van der Waals surface area contributed by atoms with Crippen molar-refractivity contribution in [1.29, 1.82) is 0 Å². The zero-order valence-corrected chi connectivity index (χ0v) is 17.0. The predicted octanol–water partition coefficient (Wildman–Crippen LogP) is 5.89. The van der Waals surface area contributed by atoms with Crippen molar-refractivity contribution in [1.82, 2.24) is 4.98 Å². The minimum atomic E-state index is -4.55. The molecule has 4 aromatic rings. The highest BCUT2D eigenvalue weighted by Gasteiger charge is 2.31. The first-order chi connectivity index (χ1) is 14.3. The van der Waals surface area contributed by atoms with Crippen molar-refractivity contribution in [2.45, 2.75) is 6.18 Å². The number of halogens is 3. The maximum absolute atomic E-state index is 13.0. The number of fused-ring (bicyclic) bond motifs is 1. The highest BCUT2D eigenvalue weighted by atomic mass is 32.1. The molecule has 3 aromatic heterocycles. The van der Waals surface area contributed by atoms with E-state index in [-0.39, 0.29) is 22.0 Å². The lowest BCUT2D eigenvalue weighted by Gasteiger charge is -2.13. The van der Waals surface area contributed by atoms with E-state index in [9.17, 15) is 18.0 Å². The van der Waals surface area contributed by atoms with Crippen LogP contribution < -0.4 is 15.8 Å². The molecule has 3 N–H and O–H groups in total. The van der Waals surface area contributed by atoms with Gasteiger partial charge in [-0.1, -0.05) is 6.07 Å². The van der Waals surface area contributed by atoms with Crippen molar-refractivity contribution >= 4 is 50.2 Å². The van der Waals surface area contributed by atoms with E-state index in [1.54, 1.807) is 6.07 Å². The van der Waals surface area contributed by atoms with Crippen LogP contribution >= 0.6 is 22.7 Å². The molecule has 0 aliphatic heterocycles. The molecule has 1 amide bonds. The Morgan fingerprint density at radius 1 is 1.20 bits per heavy atom. The van der Waals surface area contributed by atoms with Crippen LogP contribution in [0.25, 0.3) is 20.8 Å². The lowest BCUT2D eigenvalue weighted by molar-refractivity contribution is -0.137. The van der Waals surface area contributed by atoms with Gasteiger partial charge in [-0.3, -0.25) is 4.79 Å². The number of aromatic nitrogens is 1. The molecule has 0 spiro atoms. The number of nitrogens with zero attached hydrogens (tertiary/aromatic N) is 1. The van der Waals surface area contributed by atoms with E-state index in [0.29, 0.717) is 10.2 Å². The van der Waals surface area contributed by atoms with Crippen molar-refractivity contribution in [3.8, 4) is 16.3 Å². The van der Waals surface area contributed by atoms with Gasteiger partial charge in [0.15, 0.2) is 0 Å². The lowest BCUT2D eigenvalue weighted by Crippen LogP contribution is -2.14. The first kappa shape index (κ1) is 20.2. The Kier molecular flexibility index (Phi) is 5.12. The average Bonchev–Trinajstić information content (AvgIpc) is 3.35. The summed E-state index contributed by atoms with van der Waals surface area (Å²) in [6, 6.07) is 10.3. The van der Waals surface area contributed by atoms with Crippen LogP contribution in [0.4, 0.5) is 24.5 Å². The number of hydrogen-bond acceptors (Lipinski definition) is 6. The fourth-order valence-electron chi connectivity index (χ4n) is 2.89. The van der Waals surface area contributed by atoms with Gasteiger partial charge in [-0.05, 0) is 41.8 Å². The minimum absolute atomic E-state index is 0.0959. The normalized spacial score (nSPS) is 11.6. The second-order valence-corrected chi connectivity index (χ2v) is 8.19. The number of hydrogen-bond donors (Lipinski definition) is 2. The fraction of sp³-hybridized carbons (Fsp3) is 0.100. The maximum atomic E-state index is 13.0. The number of carbonyl (C=O) groups is 1. The number of nitrogens with one attached hydrogen (secondary N) is 1. The van der Waals surface area contributed by atoms with Crippen LogP contribution in [0.2, 0.25) is 0 Å². The zero-order chi connectivity index (χ0) is 21.5. The Bertz CT molecular complexity index is 1230. The van der Waals surface area contributed by atoms with Gasteiger partial charge in [0, 0.05) is 5.39 Å². The monoisotopic (exact) mass is 449 g/mol. The number of nitrogens with two attached hydrogens (primary N) is 1. The van der Waals surface area contributed by atoms with E-state index >= 15 is 0 Å². The number of alkyl halides is 3. The largest absolute Gasteiger partial charge is 0.495 e. The summed E-state index contributed by atoms with van der Waals surface area (Å²) in [6.45, 7) is 0. The third-order valence-electron chi connectivity index (χ3n) is 4.35. The van der Waals surface area contributed by atoms with Crippen LogP contribution in [0.15, 0.2) is 47.8 Å². The summed E-state index contributed by atoms with van der Waals surface area (Å²) in [5, 5.41) is 5.02. The molecule has 1 aromatic carbocycles. The topological polar surface area (TPSA) is 77.2 Å². The zero-order valence-electron chi connectivity index (χ0n) is 15.4. The Hall–Kier alpha value is -3.11. The standard InChI is InChI=1S/C20H14F3N3O2S2/c1-28-14-7-4-10(20(21,22)23)9-13(14)25-18(27)17-16(24)11-5-6-12(26-19(11)30-17)15-3-2-8-29-15/h2-9H,24H2,1H3,(H,25,27). The summed E-state index contributed by atoms with van der Waals surface area (Å²) in [5.41, 5.74) is 6.12. The molecule has 0 atom stereocenters. The lowest BCUT2D eigenvalue weighted by atomic mass is 10.1. The SMILES string of the molecule is COc1ccc(C(F)(F)F)cc1NC(=O)c1sc2nc(-c3cccs3)ccc2c1N. The fourth-order valence-corrected chi connectivity index (χ4v) is 4.57. The molecule has 0 radical (unpaired) electrons. The second-order valence-electron chi connectivity index (χ2n) is 6.24. The average molecular weight is 449 g/mol. The van der Waals surface area contributed by atoms with E-state index in [1.807, 2.05) is 23.6 Å². The Balaban J connectivity index is 1.69. The molecule has 5 nitrogen and oxygen atoms in total. The number of methoxy groups -OCH3 is 1. The van der Waals surface area contributed by atoms with Crippen LogP contribution in [-0.4, -0.2) is 18.0 Å². The Morgan fingerprint density at radius 3 is 2.67 bits per heavy atom. The number of pyridine rings is 1. The minimum Gasteiger partial charge on any atom is -0.495 e. The third kappa shape index (κ3) is 3.71. The van der Waals surface area contributed by atoms with Gasteiger partial charge < -0.3 is 15.8 Å². The molecule has 0 aliphatic rings. The molecular weight excluding hydrogens is 435 g/mol. The first-order valence-corrected chi connectivity index (χ1v) is 10.3. The van der Waals surface area contributed by atoms with Gasteiger partial charge in [-0.2, -0.15) is 13.2 Å². The number of ether oxygens (including phenoxy) is 1. The summed E-state index contributed by atoms with van der Waals surface area (Å²) < 4.78 is 44.2. The molecule has 0 saturated carbocycles. The Morgan fingerprint density at radius 2 is 2.00 bits per heavy atom. The summed E-state index contributed by atoms with van der Waals surface area (Å²) in [6.07, 6.45) is -4.55. The van der Waals surface area contributed by atoms with Gasteiger partial charge >= 0.3 is 6.18 Å². The number of anilines is 2. The number of thiophene rings is 2. The van der Waals surface area contributed by atoms with Crippen LogP contribution in [0.5, 0.6) is 5.75 Å². The van der Waals surface area contributed by atoms with Gasteiger partial charge in [0.05, 0.1) is 34.6 Å². The quantitative estimate of drug-likeness (QED) is 0.407. The predicted molar refractivity (Wildman–Crippen MR) is 113 cm³/mol. The summed E-state index contributed by atoms with van der Waals surface area (Å²) in [7, 11) is 1.31. The van der Waals surface area contributed by atoms with Crippen LogP contribution in [0, 0.1) is 0 Å². The third-order valence-corrected chi connectivity index (χ3v) is 6.36. The summed E-state index contributed by atoms with van der Waals surface area (Å²) in [4.78, 5) is 19.1. The van der Waals surface area contributed by atoms with Crippen molar-refractivity contribution in [3.05, 3.63) is 58.3 Å². The Labute approximate surface area is 176 Å². The molecule has 10 heteroatoms. The van der Waals surface area contributed by atoms with E-state index in [0.717, 1.165) is 40.1 Å². The number of rotatable bonds is 4. The van der Waals surface area contributed by atoms with E-state index < -0.39 is 17.6 Å². The highest BCUT2D eigenvalue weighted by molar-refractivity contribution is 7.21. The number of amides is 1. The molecule has 3 heterocycles. The summed E-state index contributed by atoms with van der Waals surface area (Å²) in [5.74, 6) is -0.528. The molecule has 0 saturated heterocycles. The van der Waals surface area contributed by atoms with Gasteiger partial charge in [-0.25, -0.2) is 4.98 Å². The number of nitrogen functional groups attached to an aromatic ring is 1. The molecule has 0 aliphatic carbocycles. The van der Waals surface area contributed by atoms with Crippen molar-refractivity contribution < 1.29 is 22.7 Å². The van der Waals surface area contributed by atoms with Gasteiger partial charge in [0.2, 0.25) is 0 Å². The number of carbonyl (C=O) groups excluding carboxylic acids is 1. The van der Waals surface area contributed by atoms with Crippen LogP contribution in [-0.2, 0) is 6.18 Å². The molecular formula is C20H14F3N3O2S2. The van der Waals surface area contributed by atoms with Crippen LogP contribution in [0.3, 0.4) is 0 Å². The molecule has 0 fully saturated rings. The van der Waals surface area contributed by atoms with Gasteiger partial charge in [-0.15, -0.1) is 22.7 Å². The van der Waals surface area contributed by atoms with Crippen molar-refractivity contribution in [3.63, 3.8) is 0 Å². The molecule has 30 heavy (non-hydrogen) atoms. The molecule has 0 bridgehead atoms. The second kappa shape index (κ2) is 7.62.